The number of benzene rings is 1. The number of anilines is 3. The molecule has 0 bridgehead atoms. The number of aromatic nitrogens is 4. The first-order valence-corrected chi connectivity index (χ1v) is 9.06. The van der Waals surface area contributed by atoms with Crippen molar-refractivity contribution in [2.24, 2.45) is 5.73 Å². The Bertz CT molecular complexity index is 1280. The highest BCUT2D eigenvalue weighted by atomic mass is 19.1. The van der Waals surface area contributed by atoms with E-state index in [0.29, 0.717) is 12.1 Å². The zero-order valence-corrected chi connectivity index (χ0v) is 16.3. The molecule has 1 aromatic carbocycles. The van der Waals surface area contributed by atoms with Gasteiger partial charge >= 0.3 is 0 Å². The topological polar surface area (TPSA) is 124 Å². The number of halogens is 3. The van der Waals surface area contributed by atoms with Crippen LogP contribution in [0.25, 0.3) is 16.9 Å². The summed E-state index contributed by atoms with van der Waals surface area (Å²) in [5, 5.41) is 5.52. The number of carbonyl (C=O) groups is 1. The molecule has 4 N–H and O–H groups in total. The zero-order chi connectivity index (χ0) is 22.3. The number of rotatable bonds is 6. The number of hydrogen-bond acceptors (Lipinski definition) is 7. The molecule has 0 aliphatic rings. The van der Waals surface area contributed by atoms with Crippen molar-refractivity contribution in [2.75, 3.05) is 10.6 Å². The highest BCUT2D eigenvalue weighted by molar-refractivity contribution is 5.95. The average molecular weight is 431 g/mol. The van der Waals surface area contributed by atoms with Crippen molar-refractivity contribution in [2.45, 2.75) is 19.9 Å². The van der Waals surface area contributed by atoms with Crippen LogP contribution >= 0.6 is 0 Å². The van der Waals surface area contributed by atoms with Crippen molar-refractivity contribution < 1.29 is 22.4 Å². The highest BCUT2D eigenvalue weighted by Crippen LogP contribution is 2.30. The van der Waals surface area contributed by atoms with Gasteiger partial charge in [0.2, 0.25) is 17.7 Å². The number of furan rings is 1. The summed E-state index contributed by atoms with van der Waals surface area (Å²) in [5.74, 6) is -4.38. The number of nitrogens with zero attached hydrogens (tertiary/aromatic N) is 4. The Morgan fingerprint density at radius 1 is 1.19 bits per heavy atom. The summed E-state index contributed by atoms with van der Waals surface area (Å²) in [6, 6.07) is 2.48. The van der Waals surface area contributed by atoms with E-state index < -0.39 is 29.0 Å². The predicted molar refractivity (Wildman–Crippen MR) is 106 cm³/mol. The van der Waals surface area contributed by atoms with Gasteiger partial charge in [-0.3, -0.25) is 9.36 Å². The third kappa shape index (κ3) is 3.74. The van der Waals surface area contributed by atoms with Crippen molar-refractivity contribution in [3.8, 4) is 5.69 Å². The van der Waals surface area contributed by atoms with Crippen molar-refractivity contribution in [3.63, 3.8) is 0 Å². The summed E-state index contributed by atoms with van der Waals surface area (Å²) in [7, 11) is 0. The molecule has 0 saturated carbocycles. The molecular formula is C19H16F3N7O2. The van der Waals surface area contributed by atoms with Gasteiger partial charge in [-0.1, -0.05) is 0 Å². The number of nitrogens with two attached hydrogens (primary N) is 1. The minimum Gasteiger partial charge on any atom is -0.457 e. The molecule has 0 spiro atoms. The molecule has 31 heavy (non-hydrogen) atoms. The quantitative estimate of drug-likeness (QED) is 0.427. The molecule has 12 heteroatoms. The fourth-order valence-corrected chi connectivity index (χ4v) is 2.95. The van der Waals surface area contributed by atoms with Gasteiger partial charge in [0, 0.05) is 24.2 Å². The van der Waals surface area contributed by atoms with Gasteiger partial charge in [-0.15, -0.1) is 0 Å². The molecule has 3 aromatic heterocycles. The van der Waals surface area contributed by atoms with Crippen LogP contribution in [0.2, 0.25) is 0 Å². The summed E-state index contributed by atoms with van der Waals surface area (Å²) in [6.45, 7) is 3.78. The molecule has 0 aliphatic heterocycles. The lowest BCUT2D eigenvalue weighted by atomic mass is 10.3. The maximum atomic E-state index is 14.2. The first-order valence-electron chi connectivity index (χ1n) is 9.06. The number of nitrogens with one attached hydrogen (secondary N) is 2. The van der Waals surface area contributed by atoms with Crippen LogP contribution in [0.5, 0.6) is 0 Å². The van der Waals surface area contributed by atoms with Crippen LogP contribution in [0.1, 0.15) is 24.4 Å². The SMILES string of the molecule is CC(C)Nc1ncc2nc(Nc3c(F)cc(F)cc3F)n(-c3ccoc3C(N)=O)c2n1. The summed E-state index contributed by atoms with van der Waals surface area (Å²) < 4.78 is 48.2. The van der Waals surface area contributed by atoms with E-state index in [1.54, 1.807) is 0 Å². The highest BCUT2D eigenvalue weighted by Gasteiger charge is 2.23. The van der Waals surface area contributed by atoms with Crippen molar-refractivity contribution >= 4 is 34.7 Å². The Hall–Kier alpha value is -4.09. The first kappa shape index (κ1) is 20.2. The second-order valence-corrected chi connectivity index (χ2v) is 6.84. The Kier molecular flexibility index (Phi) is 4.97. The molecular weight excluding hydrogens is 415 g/mol. The minimum atomic E-state index is -1.17. The van der Waals surface area contributed by atoms with Gasteiger partial charge in [-0.2, -0.15) is 4.98 Å². The van der Waals surface area contributed by atoms with E-state index in [-0.39, 0.29) is 40.6 Å². The van der Waals surface area contributed by atoms with Crippen LogP contribution in [0.15, 0.2) is 35.1 Å². The third-order valence-corrected chi connectivity index (χ3v) is 4.17. The Balaban J connectivity index is 1.94. The lowest BCUT2D eigenvalue weighted by Gasteiger charge is -2.12. The third-order valence-electron chi connectivity index (χ3n) is 4.17. The number of fused-ring (bicyclic) bond motifs is 1. The predicted octanol–water partition coefficient (Wildman–Crippen LogP) is 3.49. The van der Waals surface area contributed by atoms with Gasteiger partial charge < -0.3 is 20.8 Å². The van der Waals surface area contributed by atoms with Gasteiger partial charge in [0.25, 0.3) is 5.91 Å². The van der Waals surface area contributed by atoms with Crippen LogP contribution in [-0.2, 0) is 0 Å². The van der Waals surface area contributed by atoms with E-state index in [0.717, 1.165) is 0 Å². The smallest absolute Gasteiger partial charge is 0.286 e. The van der Waals surface area contributed by atoms with Gasteiger partial charge in [-0.05, 0) is 13.8 Å². The number of hydrogen-bond donors (Lipinski definition) is 3. The van der Waals surface area contributed by atoms with E-state index in [4.69, 9.17) is 10.2 Å². The molecule has 0 aliphatic carbocycles. The molecule has 0 atom stereocenters. The molecule has 4 aromatic rings. The number of primary amides is 1. The van der Waals surface area contributed by atoms with Crippen molar-refractivity contribution in [1.82, 2.24) is 19.5 Å². The van der Waals surface area contributed by atoms with Crippen LogP contribution in [-0.4, -0.2) is 31.5 Å². The maximum Gasteiger partial charge on any atom is 0.286 e. The molecule has 3 heterocycles. The van der Waals surface area contributed by atoms with Gasteiger partial charge in [0.15, 0.2) is 17.3 Å². The Morgan fingerprint density at radius 3 is 2.55 bits per heavy atom. The lowest BCUT2D eigenvalue weighted by Crippen LogP contribution is -2.15. The summed E-state index contributed by atoms with van der Waals surface area (Å²) in [5.41, 5.74) is 5.32. The molecule has 1 amide bonds. The molecule has 9 nitrogen and oxygen atoms in total. The van der Waals surface area contributed by atoms with Gasteiger partial charge in [0.05, 0.1) is 12.5 Å². The monoisotopic (exact) mass is 431 g/mol. The summed E-state index contributed by atoms with van der Waals surface area (Å²) in [4.78, 5) is 24.6. The second-order valence-electron chi connectivity index (χ2n) is 6.84. The number of carbonyl (C=O) groups excluding carboxylic acids is 1. The van der Waals surface area contributed by atoms with Crippen molar-refractivity contribution in [1.29, 1.82) is 0 Å². The average Bonchev–Trinajstić information content (AvgIpc) is 3.27. The molecule has 0 radical (unpaired) electrons. The number of amides is 1. The number of imidazole rings is 1. The summed E-state index contributed by atoms with van der Waals surface area (Å²) in [6.07, 6.45) is 2.62. The van der Waals surface area contributed by atoms with Crippen LogP contribution in [0.3, 0.4) is 0 Å². The normalized spacial score (nSPS) is 11.3. The van der Waals surface area contributed by atoms with E-state index >= 15 is 0 Å². The molecule has 0 fully saturated rings. The molecule has 0 saturated heterocycles. The maximum absolute atomic E-state index is 14.2. The zero-order valence-electron chi connectivity index (χ0n) is 16.3. The Morgan fingerprint density at radius 2 is 1.90 bits per heavy atom. The fourth-order valence-electron chi connectivity index (χ4n) is 2.95. The van der Waals surface area contributed by atoms with Crippen LogP contribution < -0.4 is 16.4 Å². The van der Waals surface area contributed by atoms with E-state index in [2.05, 4.69) is 25.6 Å². The first-order chi connectivity index (χ1) is 14.7. The van der Waals surface area contributed by atoms with E-state index in [1.807, 2.05) is 13.8 Å². The van der Waals surface area contributed by atoms with Crippen LogP contribution in [0.4, 0.5) is 30.8 Å². The minimum absolute atomic E-state index is 0.0175. The molecule has 160 valence electrons. The second kappa shape index (κ2) is 7.63. The van der Waals surface area contributed by atoms with E-state index in [9.17, 15) is 18.0 Å². The summed E-state index contributed by atoms with van der Waals surface area (Å²) >= 11 is 0. The van der Waals surface area contributed by atoms with E-state index in [1.165, 1.54) is 23.1 Å². The van der Waals surface area contributed by atoms with Crippen molar-refractivity contribution in [3.05, 3.63) is 53.9 Å². The standard InChI is InChI=1S/C19H16F3N7O2/c1-8(2)25-18-24-7-12-17(28-18)29(13-3-4-31-15(13)16(23)30)19(26-12)27-14-10(21)5-9(20)6-11(14)22/h3-8H,1-2H3,(H2,23,30)(H,26,27)(H,24,25,28). The lowest BCUT2D eigenvalue weighted by molar-refractivity contribution is 0.0974. The van der Waals surface area contributed by atoms with Crippen LogP contribution in [0, 0.1) is 17.5 Å². The molecule has 4 rings (SSSR count). The Labute approximate surface area is 173 Å². The van der Waals surface area contributed by atoms with Gasteiger partial charge in [-0.25, -0.2) is 23.1 Å². The fraction of sp³-hybridized carbons (Fsp3) is 0.158. The van der Waals surface area contributed by atoms with Gasteiger partial charge in [0.1, 0.15) is 22.7 Å². The largest absolute Gasteiger partial charge is 0.457 e. The molecule has 0 unspecified atom stereocenters.